The van der Waals surface area contributed by atoms with Crippen LogP contribution in [0, 0.1) is 5.92 Å². The van der Waals surface area contributed by atoms with Crippen LogP contribution in [0.15, 0.2) is 12.1 Å². The first-order valence-corrected chi connectivity index (χ1v) is 8.02. The number of aryl methyl sites for hydroxylation is 1. The van der Waals surface area contributed by atoms with Gasteiger partial charge in [0.25, 0.3) is 0 Å². The Morgan fingerprint density at radius 1 is 1.35 bits per heavy atom. The molecule has 1 aliphatic carbocycles. The first-order chi connectivity index (χ1) is 9.58. The molecule has 1 heterocycles. The Labute approximate surface area is 123 Å². The molecule has 1 fully saturated rings. The summed E-state index contributed by atoms with van der Waals surface area (Å²) in [6.07, 6.45) is 4.90. The molecule has 0 atom stereocenters. The third-order valence-electron chi connectivity index (χ3n) is 3.89. The van der Waals surface area contributed by atoms with E-state index < -0.39 is 0 Å². The molecule has 0 unspecified atom stereocenters. The highest BCUT2D eigenvalue weighted by Crippen LogP contribution is 2.21. The van der Waals surface area contributed by atoms with Crippen molar-refractivity contribution in [1.82, 2.24) is 10.3 Å². The number of nitrogens with one attached hydrogen (secondary N) is 1. The molecule has 0 radical (unpaired) electrons. The van der Waals surface area contributed by atoms with Crippen LogP contribution in [0.5, 0.6) is 0 Å². The van der Waals surface area contributed by atoms with Gasteiger partial charge in [-0.25, -0.2) is 4.98 Å². The molecule has 0 spiro atoms. The van der Waals surface area contributed by atoms with E-state index in [0.717, 1.165) is 37.3 Å². The van der Waals surface area contributed by atoms with Crippen molar-refractivity contribution in [2.45, 2.75) is 59.0 Å². The molecule has 3 heteroatoms. The molecule has 0 amide bonds. The Bertz CT molecular complexity index is 424. The van der Waals surface area contributed by atoms with Crippen molar-refractivity contribution in [3.63, 3.8) is 0 Å². The number of hydrogen-bond donors (Lipinski definition) is 1. The number of aromatic nitrogens is 1. The standard InChI is InChI=1S/C17H29N3/c1-5-15-10-14(12-18-16-6-7-16)11-17(19-15)20(4)9-8-13(2)3/h10-11,13,16,18H,5-9,12H2,1-4H3. The van der Waals surface area contributed by atoms with Crippen LogP contribution in [0.3, 0.4) is 0 Å². The van der Waals surface area contributed by atoms with Crippen LogP contribution in [0.25, 0.3) is 0 Å². The lowest BCUT2D eigenvalue weighted by molar-refractivity contribution is 0.583. The Morgan fingerprint density at radius 3 is 2.70 bits per heavy atom. The minimum absolute atomic E-state index is 0.739. The molecular formula is C17H29N3. The van der Waals surface area contributed by atoms with E-state index >= 15 is 0 Å². The minimum Gasteiger partial charge on any atom is -0.360 e. The highest BCUT2D eigenvalue weighted by atomic mass is 15.2. The summed E-state index contributed by atoms with van der Waals surface area (Å²) in [4.78, 5) is 7.06. The predicted octanol–water partition coefficient (Wildman–Crippen LogP) is 3.38. The van der Waals surface area contributed by atoms with Gasteiger partial charge in [0.1, 0.15) is 5.82 Å². The molecular weight excluding hydrogens is 246 g/mol. The van der Waals surface area contributed by atoms with Gasteiger partial charge >= 0.3 is 0 Å². The summed E-state index contributed by atoms with van der Waals surface area (Å²) < 4.78 is 0. The molecule has 0 bridgehead atoms. The number of hydrogen-bond acceptors (Lipinski definition) is 3. The Kier molecular flexibility index (Phi) is 5.41. The summed E-state index contributed by atoms with van der Waals surface area (Å²) in [6, 6.07) is 5.25. The lowest BCUT2D eigenvalue weighted by atomic mass is 10.1. The van der Waals surface area contributed by atoms with Crippen molar-refractivity contribution >= 4 is 5.82 Å². The SMILES string of the molecule is CCc1cc(CNC2CC2)cc(N(C)CCC(C)C)n1. The molecule has 1 aromatic rings. The van der Waals surface area contributed by atoms with E-state index in [1.165, 1.54) is 30.5 Å². The number of nitrogens with zero attached hydrogens (tertiary/aromatic N) is 2. The normalized spacial score (nSPS) is 14.8. The maximum absolute atomic E-state index is 4.77. The third-order valence-corrected chi connectivity index (χ3v) is 3.89. The van der Waals surface area contributed by atoms with E-state index in [0.29, 0.717) is 0 Å². The first kappa shape index (κ1) is 15.3. The van der Waals surface area contributed by atoms with Crippen molar-refractivity contribution in [2.24, 2.45) is 5.92 Å². The van der Waals surface area contributed by atoms with E-state index in [1.807, 2.05) is 0 Å². The van der Waals surface area contributed by atoms with Crippen molar-refractivity contribution in [1.29, 1.82) is 0 Å². The molecule has 1 N–H and O–H groups in total. The molecule has 1 aliphatic rings. The molecule has 0 saturated heterocycles. The van der Waals surface area contributed by atoms with Crippen LogP contribution in [0.2, 0.25) is 0 Å². The van der Waals surface area contributed by atoms with Gasteiger partial charge in [0.05, 0.1) is 0 Å². The van der Waals surface area contributed by atoms with Crippen LogP contribution in [0.1, 0.15) is 51.3 Å². The second-order valence-corrected chi connectivity index (χ2v) is 6.44. The van der Waals surface area contributed by atoms with Gasteiger partial charge in [0.2, 0.25) is 0 Å². The van der Waals surface area contributed by atoms with E-state index in [-0.39, 0.29) is 0 Å². The number of pyridine rings is 1. The van der Waals surface area contributed by atoms with Gasteiger partial charge in [-0.1, -0.05) is 20.8 Å². The van der Waals surface area contributed by atoms with Crippen molar-refractivity contribution in [2.75, 3.05) is 18.5 Å². The van der Waals surface area contributed by atoms with E-state index in [9.17, 15) is 0 Å². The highest BCUT2D eigenvalue weighted by Gasteiger charge is 2.20. The molecule has 0 aliphatic heterocycles. The summed E-state index contributed by atoms with van der Waals surface area (Å²) in [5.74, 6) is 1.86. The summed E-state index contributed by atoms with van der Waals surface area (Å²) in [7, 11) is 2.16. The molecule has 1 aromatic heterocycles. The lowest BCUT2D eigenvalue weighted by Gasteiger charge is -2.21. The van der Waals surface area contributed by atoms with Crippen LogP contribution in [-0.4, -0.2) is 24.6 Å². The molecule has 2 rings (SSSR count). The van der Waals surface area contributed by atoms with E-state index in [2.05, 4.69) is 50.2 Å². The predicted molar refractivity (Wildman–Crippen MR) is 86.2 cm³/mol. The molecule has 1 saturated carbocycles. The van der Waals surface area contributed by atoms with Gasteiger partial charge in [-0.2, -0.15) is 0 Å². The maximum atomic E-state index is 4.77. The zero-order valence-corrected chi connectivity index (χ0v) is 13.4. The average Bonchev–Trinajstić information content (AvgIpc) is 3.26. The smallest absolute Gasteiger partial charge is 0.128 e. The number of anilines is 1. The first-order valence-electron chi connectivity index (χ1n) is 8.02. The quantitative estimate of drug-likeness (QED) is 0.788. The Hall–Kier alpha value is -1.09. The number of rotatable bonds is 8. The Morgan fingerprint density at radius 2 is 2.10 bits per heavy atom. The fourth-order valence-electron chi connectivity index (χ4n) is 2.23. The van der Waals surface area contributed by atoms with E-state index in [1.54, 1.807) is 0 Å². The summed E-state index contributed by atoms with van der Waals surface area (Å²) >= 11 is 0. The second-order valence-electron chi connectivity index (χ2n) is 6.44. The molecule has 20 heavy (non-hydrogen) atoms. The van der Waals surface area contributed by atoms with Gasteiger partial charge < -0.3 is 10.2 Å². The van der Waals surface area contributed by atoms with Crippen molar-refractivity contribution in [3.05, 3.63) is 23.4 Å². The summed E-state index contributed by atoms with van der Waals surface area (Å²) in [5.41, 5.74) is 2.57. The zero-order chi connectivity index (χ0) is 14.5. The van der Waals surface area contributed by atoms with Crippen LogP contribution >= 0.6 is 0 Å². The maximum Gasteiger partial charge on any atom is 0.128 e. The van der Waals surface area contributed by atoms with Crippen LogP contribution in [0.4, 0.5) is 5.82 Å². The average molecular weight is 275 g/mol. The molecule has 112 valence electrons. The third kappa shape index (κ3) is 4.78. The van der Waals surface area contributed by atoms with Crippen molar-refractivity contribution in [3.8, 4) is 0 Å². The fraction of sp³-hybridized carbons (Fsp3) is 0.706. The van der Waals surface area contributed by atoms with Gasteiger partial charge in [0, 0.05) is 31.9 Å². The van der Waals surface area contributed by atoms with Gasteiger partial charge in [-0.05, 0) is 49.3 Å². The Balaban J connectivity index is 2.03. The van der Waals surface area contributed by atoms with Gasteiger partial charge in [0.15, 0.2) is 0 Å². The summed E-state index contributed by atoms with van der Waals surface area (Å²) in [6.45, 7) is 8.78. The fourth-order valence-corrected chi connectivity index (χ4v) is 2.23. The van der Waals surface area contributed by atoms with Crippen LogP contribution in [-0.2, 0) is 13.0 Å². The second kappa shape index (κ2) is 7.07. The van der Waals surface area contributed by atoms with Crippen molar-refractivity contribution < 1.29 is 0 Å². The largest absolute Gasteiger partial charge is 0.360 e. The van der Waals surface area contributed by atoms with E-state index in [4.69, 9.17) is 4.98 Å². The van der Waals surface area contributed by atoms with Gasteiger partial charge in [-0.15, -0.1) is 0 Å². The molecule has 0 aromatic carbocycles. The molecule has 3 nitrogen and oxygen atoms in total. The monoisotopic (exact) mass is 275 g/mol. The summed E-state index contributed by atoms with van der Waals surface area (Å²) in [5, 5.41) is 3.59. The van der Waals surface area contributed by atoms with Crippen LogP contribution < -0.4 is 10.2 Å². The minimum atomic E-state index is 0.739. The topological polar surface area (TPSA) is 28.2 Å². The van der Waals surface area contributed by atoms with Gasteiger partial charge in [-0.3, -0.25) is 0 Å². The zero-order valence-electron chi connectivity index (χ0n) is 13.4. The highest BCUT2D eigenvalue weighted by molar-refractivity contribution is 5.42. The lowest BCUT2D eigenvalue weighted by Crippen LogP contribution is -2.22.